The van der Waals surface area contributed by atoms with Crippen LogP contribution in [0.1, 0.15) is 13.8 Å². The Morgan fingerprint density at radius 2 is 1.58 bits per heavy atom. The standard InChI is InChI=1S/C17H15BrF2N2O2/c1-17(2,16(24)22-14-6-4-3-5-11(14)18)15(23)21-10-7-8-12(19)13(20)9-10/h3-9H,1-2H3,(H,21,23)(H,22,24). The minimum absolute atomic E-state index is 0.0701. The first-order valence-corrected chi connectivity index (χ1v) is 7.83. The molecule has 0 unspecified atom stereocenters. The van der Waals surface area contributed by atoms with Crippen molar-refractivity contribution in [2.75, 3.05) is 10.6 Å². The highest BCUT2D eigenvalue weighted by Gasteiger charge is 2.36. The minimum Gasteiger partial charge on any atom is -0.325 e. The van der Waals surface area contributed by atoms with Crippen LogP contribution in [0.4, 0.5) is 20.2 Å². The lowest BCUT2D eigenvalue weighted by atomic mass is 9.90. The van der Waals surface area contributed by atoms with Crippen molar-refractivity contribution in [1.82, 2.24) is 0 Å². The monoisotopic (exact) mass is 396 g/mol. The SMILES string of the molecule is CC(C)(C(=O)Nc1ccc(F)c(F)c1)C(=O)Nc1ccccc1Br. The van der Waals surface area contributed by atoms with Crippen molar-refractivity contribution < 1.29 is 18.4 Å². The molecule has 2 amide bonds. The number of nitrogens with one attached hydrogen (secondary N) is 2. The summed E-state index contributed by atoms with van der Waals surface area (Å²) in [4.78, 5) is 24.8. The molecule has 0 fully saturated rings. The summed E-state index contributed by atoms with van der Waals surface area (Å²) in [5.41, 5.74) is -0.836. The summed E-state index contributed by atoms with van der Waals surface area (Å²) in [7, 11) is 0. The first-order chi connectivity index (χ1) is 11.2. The van der Waals surface area contributed by atoms with Gasteiger partial charge in [-0.1, -0.05) is 12.1 Å². The van der Waals surface area contributed by atoms with E-state index in [-0.39, 0.29) is 5.69 Å². The fraction of sp³-hybridized carbons (Fsp3) is 0.176. The molecule has 0 saturated carbocycles. The summed E-state index contributed by atoms with van der Waals surface area (Å²) < 4.78 is 26.8. The quantitative estimate of drug-likeness (QED) is 0.755. The lowest BCUT2D eigenvalue weighted by Gasteiger charge is -2.23. The second-order valence-electron chi connectivity index (χ2n) is 5.64. The topological polar surface area (TPSA) is 58.2 Å². The fourth-order valence-corrected chi connectivity index (χ4v) is 2.19. The van der Waals surface area contributed by atoms with Gasteiger partial charge in [0.15, 0.2) is 11.6 Å². The van der Waals surface area contributed by atoms with Crippen LogP contribution in [0, 0.1) is 17.0 Å². The molecule has 0 atom stereocenters. The van der Waals surface area contributed by atoms with Gasteiger partial charge in [0.05, 0.1) is 5.69 Å². The lowest BCUT2D eigenvalue weighted by molar-refractivity contribution is -0.135. The number of hydrogen-bond donors (Lipinski definition) is 2. The number of para-hydroxylation sites is 1. The zero-order valence-electron chi connectivity index (χ0n) is 13.0. The molecule has 4 nitrogen and oxygen atoms in total. The largest absolute Gasteiger partial charge is 0.325 e. The minimum atomic E-state index is -1.43. The van der Waals surface area contributed by atoms with E-state index < -0.39 is 28.9 Å². The Labute approximate surface area is 146 Å². The van der Waals surface area contributed by atoms with E-state index in [0.717, 1.165) is 12.1 Å². The Morgan fingerprint density at radius 3 is 2.21 bits per heavy atom. The Kier molecular flexibility index (Phi) is 5.33. The van der Waals surface area contributed by atoms with E-state index in [1.165, 1.54) is 19.9 Å². The Bertz CT molecular complexity index is 794. The zero-order chi connectivity index (χ0) is 17.9. The second-order valence-corrected chi connectivity index (χ2v) is 6.50. The molecule has 0 bridgehead atoms. The summed E-state index contributed by atoms with van der Waals surface area (Å²) in [6, 6.07) is 9.96. The molecule has 7 heteroatoms. The Morgan fingerprint density at radius 1 is 0.958 bits per heavy atom. The van der Waals surface area contributed by atoms with Gasteiger partial charge < -0.3 is 10.6 Å². The number of benzene rings is 2. The summed E-state index contributed by atoms with van der Waals surface area (Å²) in [5.74, 6) is -3.27. The van der Waals surface area contributed by atoms with Gasteiger partial charge in [-0.05, 0) is 54.0 Å². The molecule has 2 aromatic carbocycles. The molecular weight excluding hydrogens is 382 g/mol. The predicted molar refractivity (Wildman–Crippen MR) is 91.5 cm³/mol. The summed E-state index contributed by atoms with van der Waals surface area (Å²) >= 11 is 3.30. The van der Waals surface area contributed by atoms with E-state index in [4.69, 9.17) is 0 Å². The fourth-order valence-electron chi connectivity index (χ4n) is 1.81. The summed E-state index contributed by atoms with van der Waals surface area (Å²) in [6.45, 7) is 2.88. The van der Waals surface area contributed by atoms with Crippen LogP contribution in [0.5, 0.6) is 0 Å². The third-order valence-electron chi connectivity index (χ3n) is 3.43. The van der Waals surface area contributed by atoms with Gasteiger partial charge in [-0.25, -0.2) is 8.78 Å². The number of hydrogen-bond acceptors (Lipinski definition) is 2. The third kappa shape index (κ3) is 3.97. The van der Waals surface area contributed by atoms with Crippen LogP contribution in [0.25, 0.3) is 0 Å². The van der Waals surface area contributed by atoms with Crippen LogP contribution < -0.4 is 10.6 Å². The number of anilines is 2. The van der Waals surface area contributed by atoms with Gasteiger partial charge in [0.1, 0.15) is 5.41 Å². The molecule has 0 saturated heterocycles. The molecule has 2 N–H and O–H groups in total. The van der Waals surface area contributed by atoms with Crippen LogP contribution >= 0.6 is 15.9 Å². The number of carbonyl (C=O) groups excluding carboxylic acids is 2. The first-order valence-electron chi connectivity index (χ1n) is 7.04. The van der Waals surface area contributed by atoms with E-state index in [1.807, 2.05) is 0 Å². The molecule has 0 aromatic heterocycles. The maximum atomic E-state index is 13.2. The van der Waals surface area contributed by atoms with Gasteiger partial charge in [0.2, 0.25) is 11.8 Å². The molecule has 2 aromatic rings. The maximum absolute atomic E-state index is 13.2. The van der Waals surface area contributed by atoms with Crippen molar-refractivity contribution >= 4 is 39.1 Å². The number of amides is 2. The normalized spacial score (nSPS) is 11.0. The third-order valence-corrected chi connectivity index (χ3v) is 4.13. The van der Waals surface area contributed by atoms with Crippen molar-refractivity contribution in [1.29, 1.82) is 0 Å². The van der Waals surface area contributed by atoms with Crippen LogP contribution in [0.2, 0.25) is 0 Å². The number of halogens is 3. The van der Waals surface area contributed by atoms with E-state index in [9.17, 15) is 18.4 Å². The van der Waals surface area contributed by atoms with Crippen molar-refractivity contribution in [2.24, 2.45) is 5.41 Å². The predicted octanol–water partition coefficient (Wildman–Crippen LogP) is 4.33. The van der Waals surface area contributed by atoms with Gasteiger partial charge in [0, 0.05) is 16.2 Å². The average molecular weight is 397 g/mol. The van der Waals surface area contributed by atoms with Crippen molar-refractivity contribution in [3.63, 3.8) is 0 Å². The Balaban J connectivity index is 2.13. The molecule has 0 aliphatic carbocycles. The molecular formula is C17H15BrF2N2O2. The second kappa shape index (κ2) is 7.09. The van der Waals surface area contributed by atoms with E-state index in [0.29, 0.717) is 10.2 Å². The van der Waals surface area contributed by atoms with Crippen molar-refractivity contribution in [3.05, 3.63) is 58.6 Å². The van der Waals surface area contributed by atoms with E-state index in [1.54, 1.807) is 24.3 Å². The molecule has 0 aliphatic rings. The van der Waals surface area contributed by atoms with Crippen LogP contribution in [0.3, 0.4) is 0 Å². The zero-order valence-corrected chi connectivity index (χ0v) is 14.6. The maximum Gasteiger partial charge on any atom is 0.239 e. The summed E-state index contributed by atoms with van der Waals surface area (Å²) in [5, 5.41) is 5.07. The molecule has 126 valence electrons. The molecule has 24 heavy (non-hydrogen) atoms. The van der Waals surface area contributed by atoms with Gasteiger partial charge in [0.25, 0.3) is 0 Å². The first kappa shape index (κ1) is 18.1. The van der Waals surface area contributed by atoms with Gasteiger partial charge in [-0.2, -0.15) is 0 Å². The van der Waals surface area contributed by atoms with Crippen molar-refractivity contribution in [2.45, 2.75) is 13.8 Å². The van der Waals surface area contributed by atoms with E-state index >= 15 is 0 Å². The summed E-state index contributed by atoms with van der Waals surface area (Å²) in [6.07, 6.45) is 0. The number of rotatable bonds is 4. The van der Waals surface area contributed by atoms with Crippen LogP contribution in [-0.2, 0) is 9.59 Å². The van der Waals surface area contributed by atoms with Gasteiger partial charge >= 0.3 is 0 Å². The highest BCUT2D eigenvalue weighted by molar-refractivity contribution is 9.10. The highest BCUT2D eigenvalue weighted by atomic mass is 79.9. The Hall–Kier alpha value is -2.28. The van der Waals surface area contributed by atoms with Gasteiger partial charge in [-0.15, -0.1) is 0 Å². The van der Waals surface area contributed by atoms with Crippen LogP contribution in [0.15, 0.2) is 46.9 Å². The van der Waals surface area contributed by atoms with Crippen molar-refractivity contribution in [3.8, 4) is 0 Å². The molecule has 0 heterocycles. The molecule has 0 spiro atoms. The average Bonchev–Trinajstić information content (AvgIpc) is 2.53. The van der Waals surface area contributed by atoms with Crippen LogP contribution in [-0.4, -0.2) is 11.8 Å². The highest BCUT2D eigenvalue weighted by Crippen LogP contribution is 2.26. The molecule has 0 radical (unpaired) electrons. The number of carbonyl (C=O) groups is 2. The van der Waals surface area contributed by atoms with E-state index in [2.05, 4.69) is 26.6 Å². The smallest absolute Gasteiger partial charge is 0.239 e. The molecule has 0 aliphatic heterocycles. The molecule has 2 rings (SSSR count). The lowest BCUT2D eigenvalue weighted by Crippen LogP contribution is -2.41. The van der Waals surface area contributed by atoms with Gasteiger partial charge in [-0.3, -0.25) is 9.59 Å².